The van der Waals surface area contributed by atoms with Crippen molar-refractivity contribution in [1.29, 1.82) is 0 Å². The minimum absolute atomic E-state index is 0.00662. The van der Waals surface area contributed by atoms with Gasteiger partial charge in [0.05, 0.1) is 20.6 Å². The van der Waals surface area contributed by atoms with Crippen molar-refractivity contribution in [3.8, 4) is 23.0 Å². The highest BCUT2D eigenvalue weighted by molar-refractivity contribution is 6.10. The van der Waals surface area contributed by atoms with E-state index in [4.69, 9.17) is 14.3 Å². The molecule has 2 N–H and O–H groups in total. The number of ether oxygens (including phenoxy) is 2. The van der Waals surface area contributed by atoms with Crippen LogP contribution in [0.1, 0.15) is 17.5 Å². The van der Waals surface area contributed by atoms with E-state index in [2.05, 4.69) is 0 Å². The molecule has 0 bridgehead atoms. The second kappa shape index (κ2) is 11.8. The molecule has 0 fully saturated rings. The van der Waals surface area contributed by atoms with Crippen LogP contribution in [0.4, 0.5) is 0 Å². The lowest BCUT2D eigenvalue weighted by atomic mass is 10.1. The zero-order chi connectivity index (χ0) is 21.8. The van der Waals surface area contributed by atoms with Crippen LogP contribution in [-0.4, -0.2) is 42.8 Å². The smallest absolute Gasteiger partial charge is 0.163 e. The Labute approximate surface area is 168 Å². The average molecular weight is 398 g/mol. The molecular formula is C22H22O7. The summed E-state index contributed by atoms with van der Waals surface area (Å²) in [7, 11) is 2.87. The first-order valence-electron chi connectivity index (χ1n) is 8.37. The van der Waals surface area contributed by atoms with Gasteiger partial charge in [0.2, 0.25) is 0 Å². The molecule has 0 saturated heterocycles. The highest BCUT2D eigenvalue weighted by Gasteiger charge is 2.06. The molecule has 0 aliphatic rings. The molecule has 29 heavy (non-hydrogen) atoms. The number of allylic oxidation sites excluding steroid dienone is 2. The Hall–Kier alpha value is -3.87. The fraction of sp³-hybridized carbons (Fsp3) is 0.136. The molecule has 0 aromatic heterocycles. The van der Waals surface area contributed by atoms with Crippen LogP contribution in [0, 0.1) is 0 Å². The summed E-state index contributed by atoms with van der Waals surface area (Å²) in [5.41, 5.74) is 1.33. The van der Waals surface area contributed by atoms with Gasteiger partial charge in [0.15, 0.2) is 34.6 Å². The number of carbonyl (C=O) groups is 3. The molecule has 0 spiro atoms. The third-order valence-corrected chi connectivity index (χ3v) is 3.68. The number of methoxy groups -OCH3 is 2. The number of hydrogen-bond donors (Lipinski definition) is 2. The lowest BCUT2D eigenvalue weighted by molar-refractivity contribution is -0.121. The summed E-state index contributed by atoms with van der Waals surface area (Å²) in [4.78, 5) is 31.9. The fourth-order valence-electron chi connectivity index (χ4n) is 2.26. The van der Waals surface area contributed by atoms with Crippen molar-refractivity contribution in [3.05, 3.63) is 59.7 Å². The van der Waals surface area contributed by atoms with Gasteiger partial charge in [0, 0.05) is 0 Å². The van der Waals surface area contributed by atoms with E-state index in [1.54, 1.807) is 36.4 Å². The molecule has 0 atom stereocenters. The van der Waals surface area contributed by atoms with Gasteiger partial charge in [-0.05, 0) is 47.5 Å². The summed E-state index contributed by atoms with van der Waals surface area (Å²) in [6.45, 7) is 2.00. The van der Waals surface area contributed by atoms with Crippen LogP contribution in [0.15, 0.2) is 48.6 Å². The van der Waals surface area contributed by atoms with Crippen molar-refractivity contribution < 1.29 is 34.1 Å². The van der Waals surface area contributed by atoms with E-state index in [1.165, 1.54) is 38.5 Å². The number of phenols is 2. The highest BCUT2D eigenvalue weighted by atomic mass is 16.5. The number of hydrogen-bond acceptors (Lipinski definition) is 7. The summed E-state index contributed by atoms with van der Waals surface area (Å²) >= 11 is 0. The Morgan fingerprint density at radius 2 is 1.21 bits per heavy atom. The van der Waals surface area contributed by atoms with Gasteiger partial charge in [0.1, 0.15) is 6.79 Å². The van der Waals surface area contributed by atoms with Gasteiger partial charge in [-0.25, -0.2) is 0 Å². The van der Waals surface area contributed by atoms with E-state index in [9.17, 15) is 19.8 Å². The Kier molecular flexibility index (Phi) is 9.40. The molecule has 0 amide bonds. The maximum atomic E-state index is 11.9. The summed E-state index contributed by atoms with van der Waals surface area (Å²) in [6.07, 6.45) is 5.44. The zero-order valence-electron chi connectivity index (χ0n) is 16.1. The maximum absolute atomic E-state index is 11.9. The first kappa shape index (κ1) is 23.2. The number of phenolic OH excluding ortho intramolecular Hbond substituents is 2. The van der Waals surface area contributed by atoms with E-state index >= 15 is 0 Å². The minimum Gasteiger partial charge on any atom is -0.504 e. The van der Waals surface area contributed by atoms with Crippen LogP contribution in [0.3, 0.4) is 0 Å². The van der Waals surface area contributed by atoms with Gasteiger partial charge >= 0.3 is 0 Å². The normalized spacial score (nSPS) is 10.4. The third-order valence-electron chi connectivity index (χ3n) is 3.68. The van der Waals surface area contributed by atoms with Crippen molar-refractivity contribution >= 4 is 30.5 Å². The SMILES string of the molecule is C=O.COc1cc(/C=C/C(=O)CC(=O)/C=C/c2ccc(O)c(OC)c2)ccc1O. The lowest BCUT2D eigenvalue weighted by Crippen LogP contribution is -2.01. The zero-order valence-corrected chi connectivity index (χ0v) is 16.1. The van der Waals surface area contributed by atoms with Gasteiger partial charge in [-0.15, -0.1) is 0 Å². The molecule has 2 aromatic carbocycles. The third kappa shape index (κ3) is 7.34. The Morgan fingerprint density at radius 3 is 1.55 bits per heavy atom. The molecule has 0 heterocycles. The standard InChI is InChI=1S/C21H20O6.CH2O/c1-26-20-11-14(5-9-18(20)24)3-7-16(22)13-17(23)8-4-15-6-10-19(25)21(12-15)27-2;1-2/h3-12,24-25H,13H2,1-2H3;1H2/b7-3+,8-4+;. The molecule has 0 radical (unpaired) electrons. The first-order chi connectivity index (χ1) is 13.9. The van der Waals surface area contributed by atoms with Gasteiger partial charge in [-0.3, -0.25) is 9.59 Å². The molecule has 7 heteroatoms. The maximum Gasteiger partial charge on any atom is 0.163 e. The summed E-state index contributed by atoms with van der Waals surface area (Å²) < 4.78 is 10.00. The van der Waals surface area contributed by atoms with Crippen molar-refractivity contribution in [3.63, 3.8) is 0 Å². The monoisotopic (exact) mass is 398 g/mol. The number of benzene rings is 2. The molecule has 2 rings (SSSR count). The molecule has 152 valence electrons. The quantitative estimate of drug-likeness (QED) is 0.519. The van der Waals surface area contributed by atoms with Gasteiger partial charge in [0.25, 0.3) is 0 Å². The lowest BCUT2D eigenvalue weighted by Gasteiger charge is -2.03. The van der Waals surface area contributed by atoms with Crippen molar-refractivity contribution in [2.75, 3.05) is 14.2 Å². The highest BCUT2D eigenvalue weighted by Crippen LogP contribution is 2.27. The largest absolute Gasteiger partial charge is 0.504 e. The first-order valence-corrected chi connectivity index (χ1v) is 8.37. The summed E-state index contributed by atoms with van der Waals surface area (Å²) in [5, 5.41) is 19.1. The molecule has 2 aromatic rings. The van der Waals surface area contributed by atoms with E-state index < -0.39 is 0 Å². The Bertz CT molecular complexity index is 840. The number of carbonyl (C=O) groups excluding carboxylic acids is 3. The Morgan fingerprint density at radius 1 is 0.828 bits per heavy atom. The van der Waals surface area contributed by atoms with Crippen molar-refractivity contribution in [2.24, 2.45) is 0 Å². The van der Waals surface area contributed by atoms with E-state index in [-0.39, 0.29) is 29.5 Å². The van der Waals surface area contributed by atoms with Crippen LogP contribution in [0.5, 0.6) is 23.0 Å². The van der Waals surface area contributed by atoms with E-state index in [1.807, 2.05) is 6.79 Å². The predicted octanol–water partition coefficient (Wildman–Crippen LogP) is 3.19. The number of ketones is 2. The minimum atomic E-state index is -0.347. The molecule has 0 aliphatic heterocycles. The summed E-state index contributed by atoms with van der Waals surface area (Å²) in [6, 6.07) is 9.34. The average Bonchev–Trinajstić information content (AvgIpc) is 2.74. The Balaban J connectivity index is 0.00000204. The van der Waals surface area contributed by atoms with Crippen LogP contribution < -0.4 is 9.47 Å². The molecule has 0 aliphatic carbocycles. The van der Waals surface area contributed by atoms with Crippen molar-refractivity contribution in [2.45, 2.75) is 6.42 Å². The van der Waals surface area contributed by atoms with Crippen LogP contribution >= 0.6 is 0 Å². The van der Waals surface area contributed by atoms with Crippen LogP contribution in [0.2, 0.25) is 0 Å². The second-order valence-electron chi connectivity index (χ2n) is 5.64. The number of rotatable bonds is 8. The van der Waals surface area contributed by atoms with E-state index in [0.29, 0.717) is 22.6 Å². The fourth-order valence-corrected chi connectivity index (χ4v) is 2.26. The van der Waals surface area contributed by atoms with Gasteiger partial charge in [-0.2, -0.15) is 0 Å². The number of aromatic hydroxyl groups is 2. The predicted molar refractivity (Wildman–Crippen MR) is 109 cm³/mol. The molecule has 0 saturated carbocycles. The van der Waals surface area contributed by atoms with Crippen LogP contribution in [-0.2, 0) is 14.4 Å². The van der Waals surface area contributed by atoms with Gasteiger partial charge < -0.3 is 24.5 Å². The second-order valence-corrected chi connectivity index (χ2v) is 5.64. The van der Waals surface area contributed by atoms with E-state index in [0.717, 1.165) is 0 Å². The molecular weight excluding hydrogens is 376 g/mol. The topological polar surface area (TPSA) is 110 Å². The molecule has 0 unspecified atom stereocenters. The van der Waals surface area contributed by atoms with Gasteiger partial charge in [-0.1, -0.05) is 24.3 Å². The molecule has 7 nitrogen and oxygen atoms in total. The van der Waals surface area contributed by atoms with Crippen LogP contribution in [0.25, 0.3) is 12.2 Å². The van der Waals surface area contributed by atoms with Crippen molar-refractivity contribution in [1.82, 2.24) is 0 Å². The summed E-state index contributed by atoms with van der Waals surface area (Å²) in [5.74, 6) is -0.0832.